The molecule has 0 spiro atoms. The summed E-state index contributed by atoms with van der Waals surface area (Å²) in [5.74, 6) is -0.872. The van der Waals surface area contributed by atoms with Gasteiger partial charge in [-0.3, -0.25) is 0 Å². The molecule has 0 aromatic heterocycles. The SMILES string of the molecule is CNCC1CCCCN1S(=O)(=O)c1cccc(Cl)c1F. The zero-order chi connectivity index (χ0) is 14.8. The summed E-state index contributed by atoms with van der Waals surface area (Å²) in [6, 6.07) is 3.92. The number of rotatable bonds is 4. The molecule has 0 saturated carbocycles. The van der Waals surface area contributed by atoms with Crippen molar-refractivity contribution in [1.29, 1.82) is 0 Å². The molecular weight excluding hydrogens is 303 g/mol. The van der Waals surface area contributed by atoms with Crippen LogP contribution in [0.2, 0.25) is 5.02 Å². The van der Waals surface area contributed by atoms with Crippen LogP contribution in [0.3, 0.4) is 0 Å². The summed E-state index contributed by atoms with van der Waals surface area (Å²) in [6.45, 7) is 0.974. The molecule has 112 valence electrons. The van der Waals surface area contributed by atoms with E-state index in [1.165, 1.54) is 22.5 Å². The minimum atomic E-state index is -3.85. The second kappa shape index (κ2) is 6.39. The van der Waals surface area contributed by atoms with Gasteiger partial charge in [-0.2, -0.15) is 4.31 Å². The van der Waals surface area contributed by atoms with Crippen molar-refractivity contribution < 1.29 is 12.8 Å². The van der Waals surface area contributed by atoms with E-state index >= 15 is 0 Å². The number of benzene rings is 1. The molecule has 1 heterocycles. The molecule has 1 aliphatic rings. The van der Waals surface area contributed by atoms with E-state index in [1.807, 2.05) is 0 Å². The Hall–Kier alpha value is -0.690. The van der Waals surface area contributed by atoms with Gasteiger partial charge in [0.15, 0.2) is 5.82 Å². The molecule has 0 amide bonds. The van der Waals surface area contributed by atoms with Crippen LogP contribution in [0, 0.1) is 5.82 Å². The fourth-order valence-electron chi connectivity index (χ4n) is 2.54. The summed E-state index contributed by atoms with van der Waals surface area (Å²) in [6.07, 6.45) is 2.56. The molecule has 1 unspecified atom stereocenters. The van der Waals surface area contributed by atoms with Crippen LogP contribution in [0.5, 0.6) is 0 Å². The van der Waals surface area contributed by atoms with E-state index in [4.69, 9.17) is 11.6 Å². The van der Waals surface area contributed by atoms with Gasteiger partial charge in [-0.1, -0.05) is 24.1 Å². The molecule has 20 heavy (non-hydrogen) atoms. The van der Waals surface area contributed by atoms with Gasteiger partial charge in [0.2, 0.25) is 10.0 Å². The quantitative estimate of drug-likeness (QED) is 0.925. The number of nitrogens with one attached hydrogen (secondary N) is 1. The number of piperidine rings is 1. The number of sulfonamides is 1. The average Bonchev–Trinajstić information content (AvgIpc) is 2.42. The van der Waals surface area contributed by atoms with Crippen LogP contribution in [-0.4, -0.2) is 38.9 Å². The molecule has 1 atom stereocenters. The van der Waals surface area contributed by atoms with Crippen LogP contribution in [0.25, 0.3) is 0 Å². The number of likely N-dealkylation sites (N-methyl/N-ethyl adjacent to an activating group) is 1. The first-order chi connectivity index (χ1) is 9.48. The highest BCUT2D eigenvalue weighted by Crippen LogP contribution is 2.29. The van der Waals surface area contributed by atoms with Gasteiger partial charge in [-0.25, -0.2) is 12.8 Å². The van der Waals surface area contributed by atoms with Crippen molar-refractivity contribution in [2.24, 2.45) is 0 Å². The summed E-state index contributed by atoms with van der Waals surface area (Å²) in [5.41, 5.74) is 0. The molecule has 1 saturated heterocycles. The maximum Gasteiger partial charge on any atom is 0.246 e. The Morgan fingerprint density at radius 2 is 2.20 bits per heavy atom. The van der Waals surface area contributed by atoms with Gasteiger partial charge in [-0.15, -0.1) is 0 Å². The van der Waals surface area contributed by atoms with Gasteiger partial charge in [-0.05, 0) is 32.0 Å². The molecule has 0 radical (unpaired) electrons. The van der Waals surface area contributed by atoms with Gasteiger partial charge >= 0.3 is 0 Å². The Bertz CT molecular complexity index is 578. The highest BCUT2D eigenvalue weighted by Gasteiger charge is 2.35. The molecule has 2 rings (SSSR count). The molecule has 1 fully saturated rings. The van der Waals surface area contributed by atoms with Crippen LogP contribution in [0.4, 0.5) is 4.39 Å². The minimum Gasteiger partial charge on any atom is -0.318 e. The van der Waals surface area contributed by atoms with Crippen LogP contribution >= 0.6 is 11.6 Å². The summed E-state index contributed by atoms with van der Waals surface area (Å²) < 4.78 is 40.7. The lowest BCUT2D eigenvalue weighted by molar-refractivity contribution is 0.248. The van der Waals surface area contributed by atoms with Gasteiger partial charge in [0.25, 0.3) is 0 Å². The third-order valence-corrected chi connectivity index (χ3v) is 5.78. The molecular formula is C13H18ClFN2O2S. The first kappa shape index (κ1) is 15.7. The fourth-order valence-corrected chi connectivity index (χ4v) is 4.55. The highest BCUT2D eigenvalue weighted by molar-refractivity contribution is 7.89. The second-order valence-electron chi connectivity index (χ2n) is 4.87. The van der Waals surface area contributed by atoms with E-state index in [0.29, 0.717) is 13.1 Å². The monoisotopic (exact) mass is 320 g/mol. The van der Waals surface area contributed by atoms with Crippen molar-refractivity contribution in [1.82, 2.24) is 9.62 Å². The Morgan fingerprint density at radius 1 is 1.45 bits per heavy atom. The third kappa shape index (κ3) is 2.98. The zero-order valence-electron chi connectivity index (χ0n) is 11.3. The molecule has 7 heteroatoms. The summed E-state index contributed by atoms with van der Waals surface area (Å²) in [5, 5.41) is 2.82. The molecule has 0 aliphatic carbocycles. The van der Waals surface area contributed by atoms with E-state index in [0.717, 1.165) is 19.3 Å². The number of hydrogen-bond donors (Lipinski definition) is 1. The Morgan fingerprint density at radius 3 is 2.90 bits per heavy atom. The van der Waals surface area contributed by atoms with Crippen LogP contribution in [0.15, 0.2) is 23.1 Å². The second-order valence-corrected chi connectivity index (χ2v) is 7.14. The topological polar surface area (TPSA) is 49.4 Å². The summed E-state index contributed by atoms with van der Waals surface area (Å²) in [4.78, 5) is -0.340. The van der Waals surface area contributed by atoms with Gasteiger partial charge in [0, 0.05) is 19.1 Å². The van der Waals surface area contributed by atoms with Crippen molar-refractivity contribution in [3.05, 3.63) is 29.0 Å². The Kier molecular flexibility index (Phi) is 5.01. The van der Waals surface area contributed by atoms with Gasteiger partial charge < -0.3 is 5.32 Å². The van der Waals surface area contributed by atoms with E-state index in [9.17, 15) is 12.8 Å². The smallest absolute Gasteiger partial charge is 0.246 e. The lowest BCUT2D eigenvalue weighted by atomic mass is 10.1. The zero-order valence-corrected chi connectivity index (χ0v) is 12.8. The number of halogens is 2. The molecule has 1 aromatic carbocycles. The van der Waals surface area contributed by atoms with Crippen LogP contribution < -0.4 is 5.32 Å². The fraction of sp³-hybridized carbons (Fsp3) is 0.538. The van der Waals surface area contributed by atoms with Crippen molar-refractivity contribution in [3.63, 3.8) is 0 Å². The van der Waals surface area contributed by atoms with E-state index < -0.39 is 15.8 Å². The van der Waals surface area contributed by atoms with Gasteiger partial charge in [0.05, 0.1) is 5.02 Å². The Labute approximate surface area is 124 Å². The summed E-state index contributed by atoms with van der Waals surface area (Å²) in [7, 11) is -2.08. The molecule has 4 nitrogen and oxygen atoms in total. The molecule has 1 aromatic rings. The standard InChI is InChI=1S/C13H18ClFN2O2S/c1-16-9-10-5-2-3-8-17(10)20(18,19)12-7-4-6-11(14)13(12)15/h4,6-7,10,16H,2-3,5,8-9H2,1H3. The lowest BCUT2D eigenvalue weighted by Gasteiger charge is -2.34. The first-order valence-electron chi connectivity index (χ1n) is 6.59. The largest absolute Gasteiger partial charge is 0.318 e. The normalized spacial score (nSPS) is 21.1. The van der Waals surface area contributed by atoms with Crippen molar-refractivity contribution in [2.45, 2.75) is 30.2 Å². The van der Waals surface area contributed by atoms with Crippen LogP contribution in [0.1, 0.15) is 19.3 Å². The first-order valence-corrected chi connectivity index (χ1v) is 8.40. The number of hydrogen-bond acceptors (Lipinski definition) is 3. The average molecular weight is 321 g/mol. The lowest BCUT2D eigenvalue weighted by Crippen LogP contribution is -2.48. The van der Waals surface area contributed by atoms with Crippen molar-refractivity contribution in [2.75, 3.05) is 20.1 Å². The Balaban J connectivity index is 2.40. The minimum absolute atomic E-state index is 0.142. The molecule has 1 aliphatic heterocycles. The molecule has 0 bridgehead atoms. The predicted octanol–water partition coefficient (Wildman–Crippen LogP) is 2.24. The molecule has 1 N–H and O–H groups in total. The third-order valence-electron chi connectivity index (χ3n) is 3.52. The maximum atomic E-state index is 14.0. The van der Waals surface area contributed by atoms with E-state index in [-0.39, 0.29) is 16.0 Å². The van der Waals surface area contributed by atoms with Crippen molar-refractivity contribution >= 4 is 21.6 Å². The highest BCUT2D eigenvalue weighted by atomic mass is 35.5. The van der Waals surface area contributed by atoms with Gasteiger partial charge in [0.1, 0.15) is 4.90 Å². The maximum absolute atomic E-state index is 14.0. The van der Waals surface area contributed by atoms with Crippen molar-refractivity contribution in [3.8, 4) is 0 Å². The van der Waals surface area contributed by atoms with E-state index in [1.54, 1.807) is 7.05 Å². The van der Waals surface area contributed by atoms with Crippen LogP contribution in [-0.2, 0) is 10.0 Å². The number of nitrogens with zero attached hydrogens (tertiary/aromatic N) is 1. The van der Waals surface area contributed by atoms with E-state index in [2.05, 4.69) is 5.32 Å². The predicted molar refractivity (Wildman–Crippen MR) is 76.9 cm³/mol. The summed E-state index contributed by atoms with van der Waals surface area (Å²) >= 11 is 5.69.